The number of aromatic nitrogens is 6. The molecular weight excluding hydrogens is 641 g/mol. The summed E-state index contributed by atoms with van der Waals surface area (Å²) < 4.78 is 37.9. The van der Waals surface area contributed by atoms with E-state index in [4.69, 9.17) is 32.7 Å². The topological polar surface area (TPSA) is 134 Å². The Morgan fingerprint density at radius 1 is 0.933 bits per heavy atom. The van der Waals surface area contributed by atoms with E-state index >= 15 is 0 Å². The van der Waals surface area contributed by atoms with Crippen LogP contribution in [0.1, 0.15) is 31.9 Å². The Labute approximate surface area is 270 Å². The van der Waals surface area contributed by atoms with Crippen molar-refractivity contribution in [3.63, 3.8) is 0 Å². The standard InChI is InChI=1S/C22H25ClN4O3.C8H8ClN3O2S/c1-13(15-5-7-17(29-4)8-6-15)27-11-16(9-20(27)28)14(2)30-22-21-18(10-19(23)25-22)24-12-26(21)3;1-12-4-10-5-3-6(9)11-8(7(5)12)15(2,13)14/h5-8,10,12-14,16H,9,11H2,1-4H3;3-4H,1-2H3/t13-,14-,16-;/m1./s1. The number of hydrogen-bond acceptors (Lipinski definition) is 9. The third kappa shape index (κ3) is 6.85. The van der Waals surface area contributed by atoms with Gasteiger partial charge < -0.3 is 23.5 Å². The third-order valence-electron chi connectivity index (χ3n) is 7.83. The van der Waals surface area contributed by atoms with Gasteiger partial charge in [0, 0.05) is 51.4 Å². The van der Waals surface area contributed by atoms with Crippen molar-refractivity contribution in [2.24, 2.45) is 20.0 Å². The van der Waals surface area contributed by atoms with Gasteiger partial charge in [0.25, 0.3) is 0 Å². The molecule has 3 atom stereocenters. The molecule has 0 spiro atoms. The summed E-state index contributed by atoms with van der Waals surface area (Å²) in [5.41, 5.74) is 3.60. The lowest BCUT2D eigenvalue weighted by molar-refractivity contribution is -0.129. The average Bonchev–Trinajstić information content (AvgIpc) is 3.68. The summed E-state index contributed by atoms with van der Waals surface area (Å²) in [6.07, 6.45) is 4.56. The van der Waals surface area contributed by atoms with Gasteiger partial charge in [0.2, 0.25) is 11.8 Å². The van der Waals surface area contributed by atoms with Crippen LogP contribution in [0.4, 0.5) is 0 Å². The molecule has 5 heterocycles. The number of methoxy groups -OCH3 is 1. The van der Waals surface area contributed by atoms with Crippen molar-refractivity contribution >= 4 is 61.0 Å². The number of halogens is 2. The molecule has 1 aromatic carbocycles. The van der Waals surface area contributed by atoms with E-state index in [9.17, 15) is 13.2 Å². The molecular formula is C30H33Cl2N7O5S. The van der Waals surface area contributed by atoms with Crippen LogP contribution in [-0.2, 0) is 28.7 Å². The van der Waals surface area contributed by atoms with Gasteiger partial charge in [0.05, 0.1) is 36.8 Å². The highest BCUT2D eigenvalue weighted by Gasteiger charge is 2.37. The van der Waals surface area contributed by atoms with E-state index in [0.717, 1.165) is 28.6 Å². The van der Waals surface area contributed by atoms with Gasteiger partial charge in [-0.15, -0.1) is 0 Å². The summed E-state index contributed by atoms with van der Waals surface area (Å²) in [4.78, 5) is 31.2. The van der Waals surface area contributed by atoms with Gasteiger partial charge >= 0.3 is 0 Å². The Hall–Kier alpha value is -3.94. The van der Waals surface area contributed by atoms with E-state index in [-0.39, 0.29) is 34.1 Å². The quantitative estimate of drug-likeness (QED) is 0.218. The number of hydrogen-bond donors (Lipinski definition) is 0. The van der Waals surface area contributed by atoms with Crippen LogP contribution in [-0.4, -0.2) is 74.3 Å². The lowest BCUT2D eigenvalue weighted by atomic mass is 10.0. The fourth-order valence-corrected chi connectivity index (χ4v) is 6.63. The molecule has 0 unspecified atom stereocenters. The Morgan fingerprint density at radius 2 is 1.51 bits per heavy atom. The number of fused-ring (bicyclic) bond motifs is 2. The van der Waals surface area contributed by atoms with Crippen molar-refractivity contribution in [3.8, 4) is 11.6 Å². The fraction of sp³-hybridized carbons (Fsp3) is 0.367. The molecule has 1 aliphatic rings. The Morgan fingerprint density at radius 3 is 2.11 bits per heavy atom. The number of benzene rings is 1. The number of pyridine rings is 2. The van der Waals surface area contributed by atoms with Gasteiger partial charge in [-0.2, -0.15) is 4.98 Å². The zero-order valence-electron chi connectivity index (χ0n) is 25.6. The lowest BCUT2D eigenvalue weighted by Gasteiger charge is -2.26. The normalized spacial score (nSPS) is 16.5. The van der Waals surface area contributed by atoms with Crippen molar-refractivity contribution < 1.29 is 22.7 Å². The summed E-state index contributed by atoms with van der Waals surface area (Å²) in [5.74, 6) is 1.43. The highest BCUT2D eigenvalue weighted by molar-refractivity contribution is 7.90. The number of ether oxygens (including phenoxy) is 2. The van der Waals surface area contributed by atoms with Gasteiger partial charge in [-0.05, 0) is 31.5 Å². The molecule has 1 aliphatic heterocycles. The van der Waals surface area contributed by atoms with Crippen LogP contribution < -0.4 is 9.47 Å². The average molecular weight is 675 g/mol. The van der Waals surface area contributed by atoms with Crippen molar-refractivity contribution in [2.45, 2.75) is 37.4 Å². The van der Waals surface area contributed by atoms with Crippen LogP contribution in [0.25, 0.3) is 22.1 Å². The highest BCUT2D eigenvalue weighted by atomic mass is 35.5. The zero-order chi connectivity index (χ0) is 32.6. The number of amides is 1. The second kappa shape index (κ2) is 12.8. The van der Waals surface area contributed by atoms with Crippen LogP contribution in [0.15, 0.2) is 54.1 Å². The summed E-state index contributed by atoms with van der Waals surface area (Å²) in [5, 5.41) is 0.423. The molecule has 12 nitrogen and oxygen atoms in total. The fourth-order valence-electron chi connectivity index (χ4n) is 5.34. The number of rotatable bonds is 7. The number of sulfone groups is 1. The molecule has 6 rings (SSSR count). The van der Waals surface area contributed by atoms with E-state index in [1.165, 1.54) is 12.4 Å². The number of likely N-dealkylation sites (tertiary alicyclic amines) is 1. The zero-order valence-corrected chi connectivity index (χ0v) is 27.9. The van der Waals surface area contributed by atoms with Crippen molar-refractivity contribution in [1.82, 2.24) is 34.0 Å². The van der Waals surface area contributed by atoms with E-state index in [1.807, 2.05) is 54.6 Å². The molecule has 4 aromatic heterocycles. The minimum absolute atomic E-state index is 0.0197. The molecule has 1 amide bonds. The first-order valence-electron chi connectivity index (χ1n) is 14.0. The molecule has 238 valence electrons. The molecule has 45 heavy (non-hydrogen) atoms. The molecule has 15 heteroatoms. The molecule has 0 bridgehead atoms. The number of nitrogens with zero attached hydrogens (tertiary/aromatic N) is 7. The number of imidazole rings is 2. The Bertz CT molecular complexity index is 1980. The lowest BCUT2D eigenvalue weighted by Crippen LogP contribution is -2.31. The number of aryl methyl sites for hydroxylation is 2. The smallest absolute Gasteiger partial charge is 0.241 e. The van der Waals surface area contributed by atoms with Gasteiger partial charge in [-0.3, -0.25) is 4.79 Å². The summed E-state index contributed by atoms with van der Waals surface area (Å²) >= 11 is 11.9. The maximum Gasteiger partial charge on any atom is 0.241 e. The van der Waals surface area contributed by atoms with Crippen LogP contribution in [0.3, 0.4) is 0 Å². The van der Waals surface area contributed by atoms with Crippen molar-refractivity contribution in [1.29, 1.82) is 0 Å². The first kappa shape index (κ1) is 32.5. The highest BCUT2D eigenvalue weighted by Crippen LogP contribution is 2.33. The first-order chi connectivity index (χ1) is 21.3. The largest absolute Gasteiger partial charge is 0.497 e. The molecule has 0 N–H and O–H groups in total. The van der Waals surface area contributed by atoms with Crippen LogP contribution in [0.2, 0.25) is 10.3 Å². The van der Waals surface area contributed by atoms with E-state index in [2.05, 4.69) is 19.9 Å². The third-order valence-corrected chi connectivity index (χ3v) is 9.21. The van der Waals surface area contributed by atoms with E-state index in [0.29, 0.717) is 35.0 Å². The van der Waals surface area contributed by atoms with E-state index in [1.54, 1.807) is 31.1 Å². The Kier molecular flexibility index (Phi) is 9.24. The summed E-state index contributed by atoms with van der Waals surface area (Å²) in [7, 11) is 1.84. The minimum atomic E-state index is -3.40. The molecule has 1 fully saturated rings. The van der Waals surface area contributed by atoms with Crippen LogP contribution >= 0.6 is 23.2 Å². The van der Waals surface area contributed by atoms with Gasteiger partial charge in [-0.25, -0.2) is 23.4 Å². The number of carbonyl (C=O) groups is 1. The summed E-state index contributed by atoms with van der Waals surface area (Å²) in [6.45, 7) is 4.65. The number of carbonyl (C=O) groups excluding carboxylic acids is 1. The monoisotopic (exact) mass is 673 g/mol. The maximum atomic E-state index is 12.8. The molecule has 0 aliphatic carbocycles. The summed E-state index contributed by atoms with van der Waals surface area (Å²) in [6, 6.07) is 11.1. The molecule has 5 aromatic rings. The predicted molar refractivity (Wildman–Crippen MR) is 171 cm³/mol. The molecule has 0 saturated carbocycles. The van der Waals surface area contributed by atoms with Gasteiger partial charge in [0.1, 0.15) is 33.2 Å². The SMILES string of the molecule is COc1ccc([C@@H](C)N2C[C@H]([C@@H](C)Oc3nc(Cl)cc4ncn(C)c34)CC2=O)cc1.Cn1cnc2cc(Cl)nc(S(C)(=O)=O)c21. The first-order valence-corrected chi connectivity index (χ1v) is 16.7. The maximum absolute atomic E-state index is 12.8. The second-order valence-electron chi connectivity index (χ2n) is 11.0. The van der Waals surface area contributed by atoms with Gasteiger partial charge in [-0.1, -0.05) is 35.3 Å². The van der Waals surface area contributed by atoms with Crippen LogP contribution in [0, 0.1) is 5.92 Å². The second-order valence-corrected chi connectivity index (χ2v) is 13.7. The molecule has 0 radical (unpaired) electrons. The van der Waals surface area contributed by atoms with Crippen LogP contribution in [0.5, 0.6) is 11.6 Å². The van der Waals surface area contributed by atoms with E-state index < -0.39 is 9.84 Å². The Balaban J connectivity index is 0.000000223. The minimum Gasteiger partial charge on any atom is -0.497 e. The predicted octanol–water partition coefficient (Wildman–Crippen LogP) is 5.03. The van der Waals surface area contributed by atoms with Crippen molar-refractivity contribution in [2.75, 3.05) is 19.9 Å². The molecule has 1 saturated heterocycles. The van der Waals surface area contributed by atoms with Gasteiger partial charge in [0.15, 0.2) is 14.9 Å². The van der Waals surface area contributed by atoms with Crippen molar-refractivity contribution in [3.05, 3.63) is 64.9 Å².